The molecule has 0 saturated carbocycles. The molecule has 0 amide bonds. The lowest BCUT2D eigenvalue weighted by Crippen LogP contribution is -2.18. The van der Waals surface area contributed by atoms with E-state index in [2.05, 4.69) is 12.0 Å². The van der Waals surface area contributed by atoms with Crippen LogP contribution in [-0.2, 0) is 23.0 Å². The van der Waals surface area contributed by atoms with Gasteiger partial charge in [-0.2, -0.15) is 9.19 Å². The van der Waals surface area contributed by atoms with Crippen LogP contribution in [-0.4, -0.2) is 42.4 Å². The van der Waals surface area contributed by atoms with E-state index >= 15 is 0 Å². The van der Waals surface area contributed by atoms with E-state index < -0.39 is 10.0 Å². The summed E-state index contributed by atoms with van der Waals surface area (Å²) in [4.78, 5) is 2.80. The topological polar surface area (TPSA) is 81.2 Å². The molecule has 0 atom stereocenters. The normalized spacial score (nSPS) is 12.0. The maximum Gasteiger partial charge on any atom is 0.258 e. The lowest BCUT2D eigenvalue weighted by atomic mass is 10.1. The molecule has 2 rings (SSSR count). The Labute approximate surface area is 153 Å². The first-order valence-electron chi connectivity index (χ1n) is 7.98. The van der Waals surface area contributed by atoms with Gasteiger partial charge in [0, 0.05) is 25.5 Å². The first-order chi connectivity index (χ1) is 11.9. The molecule has 0 saturated heterocycles. The van der Waals surface area contributed by atoms with Crippen molar-refractivity contribution in [2.75, 3.05) is 19.8 Å². The lowest BCUT2D eigenvalue weighted by Gasteiger charge is -2.13. The highest BCUT2D eigenvalue weighted by Gasteiger charge is 2.19. The summed E-state index contributed by atoms with van der Waals surface area (Å²) in [6, 6.07) is 7.70. The van der Waals surface area contributed by atoms with Crippen molar-refractivity contribution in [2.45, 2.75) is 29.8 Å². The maximum atomic E-state index is 12.6. The van der Waals surface area contributed by atoms with Crippen molar-refractivity contribution in [1.29, 1.82) is 0 Å². The SMILES string of the molecule is CCc1cccc(CN)c1Sc1ccnn1S(=O)(=O)CC=CN(C)C. The average molecular weight is 381 g/mol. The second-order valence-electron chi connectivity index (χ2n) is 5.70. The fourth-order valence-electron chi connectivity index (χ4n) is 2.32. The summed E-state index contributed by atoms with van der Waals surface area (Å²) in [6.45, 7) is 2.47. The zero-order valence-electron chi connectivity index (χ0n) is 14.7. The Morgan fingerprint density at radius 1 is 1.28 bits per heavy atom. The zero-order valence-corrected chi connectivity index (χ0v) is 16.3. The van der Waals surface area contributed by atoms with E-state index in [1.54, 1.807) is 23.2 Å². The highest BCUT2D eigenvalue weighted by Crippen LogP contribution is 2.34. The number of rotatable bonds is 8. The minimum Gasteiger partial charge on any atom is -0.384 e. The summed E-state index contributed by atoms with van der Waals surface area (Å²) in [7, 11) is 0.121. The molecule has 6 nitrogen and oxygen atoms in total. The summed E-state index contributed by atoms with van der Waals surface area (Å²) in [5, 5.41) is 4.59. The van der Waals surface area contributed by atoms with Crippen LogP contribution in [0.1, 0.15) is 18.1 Å². The number of benzene rings is 1. The molecule has 0 spiro atoms. The standard InChI is InChI=1S/C17H24N4O2S2/c1-4-14-7-5-8-15(13-18)17(14)24-16-9-10-19-21(16)25(22,23)12-6-11-20(2)3/h5-11H,4,12-13,18H2,1-3H3. The Kier molecular flexibility index (Phi) is 6.69. The quantitative estimate of drug-likeness (QED) is 0.757. The third-order valence-corrected chi connectivity index (χ3v) is 6.33. The van der Waals surface area contributed by atoms with Crippen molar-refractivity contribution in [1.82, 2.24) is 14.1 Å². The molecular formula is C17H24N4O2S2. The van der Waals surface area contributed by atoms with Gasteiger partial charge in [-0.3, -0.25) is 0 Å². The molecule has 8 heteroatoms. The monoisotopic (exact) mass is 380 g/mol. The third kappa shape index (κ3) is 4.87. The van der Waals surface area contributed by atoms with Crippen molar-refractivity contribution >= 4 is 21.8 Å². The van der Waals surface area contributed by atoms with E-state index in [-0.39, 0.29) is 5.75 Å². The van der Waals surface area contributed by atoms with Gasteiger partial charge < -0.3 is 10.6 Å². The summed E-state index contributed by atoms with van der Waals surface area (Å²) in [5.41, 5.74) is 8.00. The lowest BCUT2D eigenvalue weighted by molar-refractivity contribution is 0.560. The van der Waals surface area contributed by atoms with Gasteiger partial charge in [-0.15, -0.1) is 0 Å². The third-order valence-electron chi connectivity index (χ3n) is 3.54. The van der Waals surface area contributed by atoms with Crippen LogP contribution in [0.25, 0.3) is 0 Å². The second-order valence-corrected chi connectivity index (χ2v) is 8.58. The molecule has 0 fully saturated rings. The molecule has 0 aliphatic carbocycles. The Bertz CT molecular complexity index is 820. The largest absolute Gasteiger partial charge is 0.384 e. The number of aryl methyl sites for hydroxylation is 1. The molecule has 2 aromatic rings. The van der Waals surface area contributed by atoms with Crippen LogP contribution in [0.4, 0.5) is 0 Å². The number of nitrogens with zero attached hydrogens (tertiary/aromatic N) is 3. The van der Waals surface area contributed by atoms with Gasteiger partial charge in [0.15, 0.2) is 0 Å². The van der Waals surface area contributed by atoms with E-state index in [4.69, 9.17) is 5.73 Å². The molecule has 136 valence electrons. The van der Waals surface area contributed by atoms with Gasteiger partial charge in [0.1, 0.15) is 5.03 Å². The van der Waals surface area contributed by atoms with Crippen molar-refractivity contribution in [3.05, 3.63) is 53.9 Å². The number of aromatic nitrogens is 2. The Morgan fingerprint density at radius 2 is 2.00 bits per heavy atom. The molecule has 1 aromatic heterocycles. The van der Waals surface area contributed by atoms with Crippen LogP contribution in [0.3, 0.4) is 0 Å². The van der Waals surface area contributed by atoms with Crippen molar-refractivity contribution in [2.24, 2.45) is 5.73 Å². The molecule has 0 unspecified atom stereocenters. The number of nitrogens with two attached hydrogens (primary N) is 1. The smallest absolute Gasteiger partial charge is 0.258 e. The fraction of sp³-hybridized carbons (Fsp3) is 0.353. The van der Waals surface area contributed by atoms with Crippen molar-refractivity contribution < 1.29 is 8.42 Å². The van der Waals surface area contributed by atoms with E-state index in [0.717, 1.165) is 26.5 Å². The highest BCUT2D eigenvalue weighted by atomic mass is 32.2. The van der Waals surface area contributed by atoms with Crippen LogP contribution >= 0.6 is 11.8 Å². The highest BCUT2D eigenvalue weighted by molar-refractivity contribution is 8.00. The summed E-state index contributed by atoms with van der Waals surface area (Å²) < 4.78 is 26.3. The maximum absolute atomic E-state index is 12.6. The number of hydrogen-bond donors (Lipinski definition) is 1. The first-order valence-corrected chi connectivity index (χ1v) is 10.4. The van der Waals surface area contributed by atoms with Gasteiger partial charge in [-0.25, -0.2) is 8.42 Å². The Morgan fingerprint density at radius 3 is 2.64 bits per heavy atom. The Balaban J connectivity index is 2.35. The summed E-state index contributed by atoms with van der Waals surface area (Å²) >= 11 is 1.40. The fourth-order valence-corrected chi connectivity index (χ4v) is 4.86. The van der Waals surface area contributed by atoms with E-state index in [1.165, 1.54) is 18.0 Å². The van der Waals surface area contributed by atoms with E-state index in [1.807, 2.05) is 32.3 Å². The van der Waals surface area contributed by atoms with Gasteiger partial charge in [-0.1, -0.05) is 43.0 Å². The summed E-state index contributed by atoms with van der Waals surface area (Å²) in [6.07, 6.45) is 5.68. The molecule has 1 heterocycles. The molecule has 0 aliphatic heterocycles. The molecule has 0 bridgehead atoms. The minimum atomic E-state index is -3.56. The minimum absolute atomic E-state index is 0.112. The van der Waals surface area contributed by atoms with Crippen LogP contribution in [0.2, 0.25) is 0 Å². The molecular weight excluding hydrogens is 356 g/mol. The van der Waals surface area contributed by atoms with Crippen LogP contribution < -0.4 is 5.73 Å². The van der Waals surface area contributed by atoms with Crippen LogP contribution in [0.5, 0.6) is 0 Å². The van der Waals surface area contributed by atoms with Crippen molar-refractivity contribution in [3.63, 3.8) is 0 Å². The van der Waals surface area contributed by atoms with E-state index in [0.29, 0.717) is 11.6 Å². The molecule has 2 N–H and O–H groups in total. The molecule has 1 aromatic carbocycles. The van der Waals surface area contributed by atoms with Gasteiger partial charge in [-0.05, 0) is 29.8 Å². The summed E-state index contributed by atoms with van der Waals surface area (Å²) in [5.74, 6) is -0.112. The zero-order chi connectivity index (χ0) is 18.4. The molecule has 25 heavy (non-hydrogen) atoms. The average Bonchev–Trinajstić information content (AvgIpc) is 3.03. The number of hydrogen-bond acceptors (Lipinski definition) is 6. The van der Waals surface area contributed by atoms with Crippen LogP contribution in [0, 0.1) is 0 Å². The van der Waals surface area contributed by atoms with E-state index in [9.17, 15) is 8.42 Å². The van der Waals surface area contributed by atoms with Crippen LogP contribution in [0.15, 0.2) is 52.7 Å². The van der Waals surface area contributed by atoms with Crippen molar-refractivity contribution in [3.8, 4) is 0 Å². The Hall–Kier alpha value is -1.77. The van der Waals surface area contributed by atoms with Gasteiger partial charge >= 0.3 is 0 Å². The predicted molar refractivity (Wildman–Crippen MR) is 102 cm³/mol. The predicted octanol–water partition coefficient (Wildman–Crippen LogP) is 2.31. The first kappa shape index (κ1) is 19.6. The van der Waals surface area contributed by atoms with Gasteiger partial charge in [0.05, 0.1) is 11.9 Å². The molecule has 0 radical (unpaired) electrons. The van der Waals surface area contributed by atoms with Gasteiger partial charge in [0.2, 0.25) is 0 Å². The second kappa shape index (κ2) is 8.55. The van der Waals surface area contributed by atoms with Gasteiger partial charge in [0.25, 0.3) is 10.0 Å². The molecule has 0 aliphatic rings.